The number of carbonyl (C=O) groups excluding carboxylic acids is 1. The third-order valence-corrected chi connectivity index (χ3v) is 3.65. The number of carbonyl (C=O) groups is 1. The molecule has 0 aromatic heterocycles. The van der Waals surface area contributed by atoms with E-state index in [1.54, 1.807) is 0 Å². The summed E-state index contributed by atoms with van der Waals surface area (Å²) in [5.74, 6) is 0.616. The van der Waals surface area contributed by atoms with Gasteiger partial charge in [0.2, 0.25) is 5.91 Å². The van der Waals surface area contributed by atoms with Gasteiger partial charge in [-0.05, 0) is 62.9 Å². The molecule has 0 unspecified atom stereocenters. The molecular weight excluding hydrogens is 240 g/mol. The number of hydrogen-bond donors (Lipinski definition) is 3. The Labute approximate surface area is 114 Å². The van der Waals surface area contributed by atoms with Crippen molar-refractivity contribution in [2.45, 2.75) is 33.1 Å². The smallest absolute Gasteiger partial charge is 0.224 e. The predicted octanol–water partition coefficient (Wildman–Crippen LogP) is 2.34. The number of rotatable bonds is 3. The number of piperidine rings is 1. The highest BCUT2D eigenvalue weighted by atomic mass is 16.3. The Morgan fingerprint density at radius 3 is 2.74 bits per heavy atom. The van der Waals surface area contributed by atoms with Gasteiger partial charge in [0.25, 0.3) is 0 Å². The van der Waals surface area contributed by atoms with Crippen molar-refractivity contribution in [1.82, 2.24) is 5.32 Å². The van der Waals surface area contributed by atoms with E-state index in [1.165, 1.54) is 0 Å². The van der Waals surface area contributed by atoms with Crippen LogP contribution in [0.15, 0.2) is 12.1 Å². The third-order valence-electron chi connectivity index (χ3n) is 3.65. The molecule has 0 saturated carbocycles. The van der Waals surface area contributed by atoms with E-state index < -0.39 is 0 Å². The van der Waals surface area contributed by atoms with Crippen LogP contribution >= 0.6 is 0 Å². The summed E-state index contributed by atoms with van der Waals surface area (Å²) in [5.41, 5.74) is 2.35. The Morgan fingerprint density at radius 2 is 2.05 bits per heavy atom. The van der Waals surface area contributed by atoms with Crippen LogP contribution in [0.5, 0.6) is 5.75 Å². The van der Waals surface area contributed by atoms with Gasteiger partial charge in [-0.1, -0.05) is 6.07 Å². The molecule has 0 radical (unpaired) electrons. The molecule has 1 aliphatic rings. The van der Waals surface area contributed by atoms with E-state index in [1.807, 2.05) is 26.0 Å². The predicted molar refractivity (Wildman–Crippen MR) is 76.4 cm³/mol. The van der Waals surface area contributed by atoms with E-state index in [9.17, 15) is 9.90 Å². The molecule has 4 heteroatoms. The molecule has 1 saturated heterocycles. The van der Waals surface area contributed by atoms with Crippen molar-refractivity contribution in [3.63, 3.8) is 0 Å². The van der Waals surface area contributed by atoms with Crippen molar-refractivity contribution >= 4 is 11.6 Å². The molecule has 0 spiro atoms. The van der Waals surface area contributed by atoms with Gasteiger partial charge in [0.05, 0.1) is 5.69 Å². The lowest BCUT2D eigenvalue weighted by Gasteiger charge is -2.22. The number of anilines is 1. The molecule has 1 aromatic carbocycles. The lowest BCUT2D eigenvalue weighted by atomic mass is 9.94. The summed E-state index contributed by atoms with van der Waals surface area (Å²) in [6, 6.07) is 3.71. The molecule has 1 amide bonds. The van der Waals surface area contributed by atoms with E-state index >= 15 is 0 Å². The lowest BCUT2D eigenvalue weighted by Crippen LogP contribution is -2.30. The van der Waals surface area contributed by atoms with Crippen molar-refractivity contribution in [3.8, 4) is 5.75 Å². The second-order valence-electron chi connectivity index (χ2n) is 5.42. The molecule has 1 heterocycles. The van der Waals surface area contributed by atoms with Crippen LogP contribution in [-0.2, 0) is 4.79 Å². The highest BCUT2D eigenvalue weighted by Crippen LogP contribution is 2.29. The fraction of sp³-hybridized carbons (Fsp3) is 0.533. The van der Waals surface area contributed by atoms with Crippen LogP contribution in [0.25, 0.3) is 0 Å². The molecule has 2 rings (SSSR count). The first-order valence-corrected chi connectivity index (χ1v) is 6.87. The number of phenols is 1. The van der Waals surface area contributed by atoms with Gasteiger partial charge in [-0.3, -0.25) is 4.79 Å². The Hall–Kier alpha value is -1.55. The average molecular weight is 262 g/mol. The van der Waals surface area contributed by atoms with Crippen LogP contribution in [0.3, 0.4) is 0 Å². The van der Waals surface area contributed by atoms with Crippen molar-refractivity contribution in [1.29, 1.82) is 0 Å². The van der Waals surface area contributed by atoms with Crippen LogP contribution in [0.4, 0.5) is 5.69 Å². The maximum atomic E-state index is 12.0. The Kier molecular flexibility index (Phi) is 4.43. The summed E-state index contributed by atoms with van der Waals surface area (Å²) in [6.45, 7) is 5.78. The van der Waals surface area contributed by atoms with Gasteiger partial charge in [-0.25, -0.2) is 0 Å². The minimum atomic E-state index is -0.00722. The van der Waals surface area contributed by atoms with E-state index in [2.05, 4.69) is 10.6 Å². The van der Waals surface area contributed by atoms with Gasteiger partial charge in [0, 0.05) is 6.42 Å². The second-order valence-corrected chi connectivity index (χ2v) is 5.42. The van der Waals surface area contributed by atoms with E-state index in [0.717, 1.165) is 37.1 Å². The van der Waals surface area contributed by atoms with Gasteiger partial charge in [0.15, 0.2) is 0 Å². The quantitative estimate of drug-likeness (QED) is 0.733. The SMILES string of the molecule is Cc1cc(C)c(O)c(NC(=O)CC2CCNCC2)c1. The number of nitrogens with one attached hydrogen (secondary N) is 2. The zero-order chi connectivity index (χ0) is 13.8. The van der Waals surface area contributed by atoms with Gasteiger partial charge in [-0.15, -0.1) is 0 Å². The van der Waals surface area contributed by atoms with Crippen molar-refractivity contribution in [2.75, 3.05) is 18.4 Å². The van der Waals surface area contributed by atoms with Crippen LogP contribution in [-0.4, -0.2) is 24.1 Å². The molecule has 104 valence electrons. The van der Waals surface area contributed by atoms with Crippen LogP contribution in [0, 0.1) is 19.8 Å². The number of amides is 1. The molecule has 4 nitrogen and oxygen atoms in total. The zero-order valence-electron chi connectivity index (χ0n) is 11.6. The van der Waals surface area contributed by atoms with Crippen molar-refractivity contribution in [3.05, 3.63) is 23.3 Å². The Morgan fingerprint density at radius 1 is 1.37 bits per heavy atom. The molecule has 1 fully saturated rings. The average Bonchev–Trinajstić information content (AvgIpc) is 2.36. The fourth-order valence-electron chi connectivity index (χ4n) is 2.60. The zero-order valence-corrected chi connectivity index (χ0v) is 11.6. The van der Waals surface area contributed by atoms with Crippen LogP contribution in [0.2, 0.25) is 0 Å². The standard InChI is InChI=1S/C15H22N2O2/c1-10-7-11(2)15(19)13(8-10)17-14(18)9-12-3-5-16-6-4-12/h7-8,12,16,19H,3-6,9H2,1-2H3,(H,17,18). The van der Waals surface area contributed by atoms with Gasteiger partial charge < -0.3 is 15.7 Å². The summed E-state index contributed by atoms with van der Waals surface area (Å²) in [7, 11) is 0. The first kappa shape index (κ1) is 13.9. The highest BCUT2D eigenvalue weighted by Gasteiger charge is 2.17. The molecule has 1 aliphatic heterocycles. The maximum Gasteiger partial charge on any atom is 0.224 e. The van der Waals surface area contributed by atoms with Crippen molar-refractivity contribution in [2.24, 2.45) is 5.92 Å². The highest BCUT2D eigenvalue weighted by molar-refractivity contribution is 5.92. The lowest BCUT2D eigenvalue weighted by molar-refractivity contribution is -0.117. The first-order chi connectivity index (χ1) is 9.06. The Bertz CT molecular complexity index is 465. The number of hydrogen-bond acceptors (Lipinski definition) is 3. The molecule has 0 bridgehead atoms. The second kappa shape index (κ2) is 6.06. The summed E-state index contributed by atoms with van der Waals surface area (Å²) < 4.78 is 0. The first-order valence-electron chi connectivity index (χ1n) is 6.87. The van der Waals surface area contributed by atoms with Gasteiger partial charge in [-0.2, -0.15) is 0 Å². The molecule has 3 N–H and O–H groups in total. The molecular formula is C15H22N2O2. The molecule has 19 heavy (non-hydrogen) atoms. The number of aromatic hydroxyl groups is 1. The summed E-state index contributed by atoms with van der Waals surface area (Å²) in [5, 5.41) is 16.1. The fourth-order valence-corrected chi connectivity index (χ4v) is 2.60. The largest absolute Gasteiger partial charge is 0.505 e. The van der Waals surface area contributed by atoms with Crippen molar-refractivity contribution < 1.29 is 9.90 Å². The van der Waals surface area contributed by atoms with Crippen LogP contribution < -0.4 is 10.6 Å². The molecule has 0 aliphatic carbocycles. The van der Waals surface area contributed by atoms with Gasteiger partial charge >= 0.3 is 0 Å². The topological polar surface area (TPSA) is 61.4 Å². The summed E-state index contributed by atoms with van der Waals surface area (Å²) >= 11 is 0. The molecule has 0 atom stereocenters. The van der Waals surface area contributed by atoms with Gasteiger partial charge in [0.1, 0.15) is 5.75 Å². The minimum absolute atomic E-state index is 0.00722. The van der Waals surface area contributed by atoms with E-state index in [-0.39, 0.29) is 11.7 Å². The number of aryl methyl sites for hydroxylation is 2. The van der Waals surface area contributed by atoms with E-state index in [4.69, 9.17) is 0 Å². The summed E-state index contributed by atoms with van der Waals surface area (Å²) in [4.78, 5) is 12.0. The number of phenolic OH excluding ortho intramolecular Hbond substituents is 1. The van der Waals surface area contributed by atoms with Crippen LogP contribution in [0.1, 0.15) is 30.4 Å². The monoisotopic (exact) mass is 262 g/mol. The summed E-state index contributed by atoms with van der Waals surface area (Å²) in [6.07, 6.45) is 2.63. The third kappa shape index (κ3) is 3.70. The minimum Gasteiger partial charge on any atom is -0.505 e. The Balaban J connectivity index is 1.98. The number of benzene rings is 1. The van der Waals surface area contributed by atoms with E-state index in [0.29, 0.717) is 18.0 Å². The normalized spacial score (nSPS) is 16.3. The maximum absolute atomic E-state index is 12.0. The molecule has 1 aromatic rings.